The van der Waals surface area contributed by atoms with Gasteiger partial charge in [0.15, 0.2) is 0 Å². The molecule has 0 unspecified atom stereocenters. The van der Waals surface area contributed by atoms with Gasteiger partial charge in [0.2, 0.25) is 11.6 Å². The van der Waals surface area contributed by atoms with E-state index in [9.17, 15) is 0 Å². The summed E-state index contributed by atoms with van der Waals surface area (Å²) in [6, 6.07) is 12.3. The minimum absolute atomic E-state index is 0. The van der Waals surface area contributed by atoms with E-state index in [4.69, 9.17) is 0 Å². The van der Waals surface area contributed by atoms with E-state index in [1.54, 1.807) is 0 Å². The standard InChI is InChI=1S/C16H22N3.H2O/c1-3-13-19(14-4-2,15-9-5-7-11-17-15)16-10-6-8-12-18-16;/h5-12H,3-4,13-14H2,1-2H3;1H2/q+1;/p-1. The molecule has 2 heterocycles. The highest BCUT2D eigenvalue weighted by Gasteiger charge is 2.34. The smallest absolute Gasteiger partial charge is 0.233 e. The summed E-state index contributed by atoms with van der Waals surface area (Å²) in [5.41, 5.74) is 0. The van der Waals surface area contributed by atoms with Gasteiger partial charge in [-0.25, -0.2) is 14.5 Å². The number of hydrogen-bond donors (Lipinski definition) is 0. The van der Waals surface area contributed by atoms with Crippen LogP contribution in [0.5, 0.6) is 0 Å². The van der Waals surface area contributed by atoms with E-state index in [1.165, 1.54) is 0 Å². The lowest BCUT2D eigenvalue weighted by Crippen LogP contribution is -2.46. The second-order valence-electron chi connectivity index (χ2n) is 4.79. The van der Waals surface area contributed by atoms with Gasteiger partial charge in [0.1, 0.15) is 0 Å². The molecule has 0 bridgehead atoms. The fourth-order valence-corrected chi connectivity index (χ4v) is 2.66. The van der Waals surface area contributed by atoms with Gasteiger partial charge in [-0.2, -0.15) is 0 Å². The Labute approximate surface area is 121 Å². The zero-order valence-electron chi connectivity index (χ0n) is 12.2. The monoisotopic (exact) mass is 273 g/mol. The van der Waals surface area contributed by atoms with Crippen molar-refractivity contribution in [1.82, 2.24) is 14.5 Å². The summed E-state index contributed by atoms with van der Waals surface area (Å²) >= 11 is 0. The van der Waals surface area contributed by atoms with E-state index >= 15 is 0 Å². The SMILES string of the molecule is CCC[N+](CCC)(c1ccccn1)c1ccccn1.[OH-]. The molecule has 0 saturated heterocycles. The third kappa shape index (κ3) is 3.21. The molecular formula is C16H23N3O. The van der Waals surface area contributed by atoms with Gasteiger partial charge in [0, 0.05) is 24.5 Å². The molecule has 0 fully saturated rings. The Balaban J connectivity index is 0.00000200. The van der Waals surface area contributed by atoms with Crippen LogP contribution in [0.2, 0.25) is 0 Å². The maximum Gasteiger partial charge on any atom is 0.233 e. The van der Waals surface area contributed by atoms with Crippen molar-refractivity contribution < 1.29 is 5.48 Å². The first-order chi connectivity index (χ1) is 9.33. The van der Waals surface area contributed by atoms with Crippen LogP contribution in [-0.4, -0.2) is 28.5 Å². The van der Waals surface area contributed by atoms with Crippen molar-refractivity contribution >= 4 is 11.6 Å². The topological polar surface area (TPSA) is 55.8 Å². The van der Waals surface area contributed by atoms with Crippen molar-refractivity contribution in [3.05, 3.63) is 48.8 Å². The van der Waals surface area contributed by atoms with E-state index in [0.717, 1.165) is 42.0 Å². The summed E-state index contributed by atoms with van der Waals surface area (Å²) < 4.78 is 0.745. The maximum absolute atomic E-state index is 4.60. The minimum Gasteiger partial charge on any atom is -0.870 e. The average molecular weight is 273 g/mol. The summed E-state index contributed by atoms with van der Waals surface area (Å²) in [4.78, 5) is 9.19. The molecule has 0 aliphatic carbocycles. The first kappa shape index (κ1) is 16.3. The predicted molar refractivity (Wildman–Crippen MR) is 82.2 cm³/mol. The molecule has 0 atom stereocenters. The van der Waals surface area contributed by atoms with Crippen LogP contribution in [0.4, 0.5) is 11.6 Å². The van der Waals surface area contributed by atoms with Crippen LogP contribution < -0.4 is 4.48 Å². The Hall–Kier alpha value is -1.78. The molecular weight excluding hydrogens is 250 g/mol. The van der Waals surface area contributed by atoms with Crippen molar-refractivity contribution in [1.29, 1.82) is 0 Å². The Morgan fingerprint density at radius 1 is 0.800 bits per heavy atom. The summed E-state index contributed by atoms with van der Waals surface area (Å²) in [7, 11) is 0. The van der Waals surface area contributed by atoms with Gasteiger partial charge in [-0.05, 0) is 25.0 Å². The first-order valence-corrected chi connectivity index (χ1v) is 7.03. The molecule has 1 N–H and O–H groups in total. The molecule has 0 amide bonds. The van der Waals surface area contributed by atoms with Crippen LogP contribution in [0.3, 0.4) is 0 Å². The molecule has 2 aromatic heterocycles. The van der Waals surface area contributed by atoms with E-state index in [0.29, 0.717) is 0 Å². The van der Waals surface area contributed by atoms with Crippen molar-refractivity contribution in [3.8, 4) is 0 Å². The van der Waals surface area contributed by atoms with Gasteiger partial charge in [0.25, 0.3) is 0 Å². The van der Waals surface area contributed by atoms with E-state index in [-0.39, 0.29) is 5.48 Å². The first-order valence-electron chi connectivity index (χ1n) is 7.03. The predicted octanol–water partition coefficient (Wildman–Crippen LogP) is 3.76. The van der Waals surface area contributed by atoms with Gasteiger partial charge in [-0.15, -0.1) is 0 Å². The van der Waals surface area contributed by atoms with Gasteiger partial charge >= 0.3 is 0 Å². The molecule has 0 aromatic carbocycles. The highest BCUT2D eigenvalue weighted by molar-refractivity contribution is 5.50. The third-order valence-electron chi connectivity index (χ3n) is 3.39. The number of rotatable bonds is 6. The van der Waals surface area contributed by atoms with Crippen LogP contribution >= 0.6 is 0 Å². The molecule has 2 aromatic rings. The largest absolute Gasteiger partial charge is 0.870 e. The summed E-state index contributed by atoms with van der Waals surface area (Å²) in [5.74, 6) is 2.18. The van der Waals surface area contributed by atoms with Crippen molar-refractivity contribution in [2.75, 3.05) is 13.1 Å². The van der Waals surface area contributed by atoms with Crippen LogP contribution in [-0.2, 0) is 0 Å². The maximum atomic E-state index is 4.60. The third-order valence-corrected chi connectivity index (χ3v) is 3.39. The van der Waals surface area contributed by atoms with Crippen molar-refractivity contribution in [2.24, 2.45) is 0 Å². The Kier molecular flexibility index (Phi) is 6.28. The van der Waals surface area contributed by atoms with Gasteiger partial charge in [0.05, 0.1) is 13.1 Å². The van der Waals surface area contributed by atoms with Crippen molar-refractivity contribution in [2.45, 2.75) is 26.7 Å². The lowest BCUT2D eigenvalue weighted by molar-refractivity contribution is 0.363. The van der Waals surface area contributed by atoms with Crippen LogP contribution in [0.25, 0.3) is 0 Å². The molecule has 4 heteroatoms. The quantitative estimate of drug-likeness (QED) is 0.753. The summed E-state index contributed by atoms with van der Waals surface area (Å²) in [6.07, 6.45) is 5.95. The van der Waals surface area contributed by atoms with Gasteiger partial charge in [-0.3, -0.25) is 0 Å². The van der Waals surface area contributed by atoms with Crippen molar-refractivity contribution in [3.63, 3.8) is 0 Å². The lowest BCUT2D eigenvalue weighted by atomic mass is 10.2. The molecule has 0 aliphatic rings. The van der Waals surface area contributed by atoms with E-state index < -0.39 is 0 Å². The second-order valence-corrected chi connectivity index (χ2v) is 4.79. The fourth-order valence-electron chi connectivity index (χ4n) is 2.66. The Morgan fingerprint density at radius 3 is 1.55 bits per heavy atom. The fraction of sp³-hybridized carbons (Fsp3) is 0.375. The van der Waals surface area contributed by atoms with E-state index in [2.05, 4.69) is 48.1 Å². The number of aromatic nitrogens is 2. The zero-order chi connectivity index (χ0) is 13.6. The van der Waals surface area contributed by atoms with Gasteiger partial charge < -0.3 is 5.48 Å². The molecule has 20 heavy (non-hydrogen) atoms. The molecule has 0 aliphatic heterocycles. The molecule has 0 saturated carbocycles. The Morgan fingerprint density at radius 2 is 1.25 bits per heavy atom. The molecule has 2 rings (SSSR count). The van der Waals surface area contributed by atoms with E-state index in [1.807, 2.05) is 24.5 Å². The molecule has 4 nitrogen and oxygen atoms in total. The number of hydrogen-bond acceptors (Lipinski definition) is 3. The highest BCUT2D eigenvalue weighted by Crippen LogP contribution is 2.31. The highest BCUT2D eigenvalue weighted by atomic mass is 16.0. The van der Waals surface area contributed by atoms with Gasteiger partial charge in [-0.1, -0.05) is 26.0 Å². The molecule has 0 radical (unpaired) electrons. The number of nitrogens with zero attached hydrogens (tertiary/aromatic N) is 3. The molecule has 0 spiro atoms. The average Bonchev–Trinajstić information content (AvgIpc) is 2.49. The minimum atomic E-state index is 0. The number of quaternary nitrogens is 1. The second kappa shape index (κ2) is 7.72. The van der Waals surface area contributed by atoms with Crippen LogP contribution in [0, 0.1) is 0 Å². The molecule has 108 valence electrons. The summed E-state index contributed by atoms with van der Waals surface area (Å²) in [6.45, 7) is 6.49. The number of pyridine rings is 2. The lowest BCUT2D eigenvalue weighted by Gasteiger charge is -2.34. The summed E-state index contributed by atoms with van der Waals surface area (Å²) in [5, 5.41) is 0. The zero-order valence-corrected chi connectivity index (χ0v) is 12.2. The van der Waals surface area contributed by atoms with Crippen LogP contribution in [0.1, 0.15) is 26.7 Å². The van der Waals surface area contributed by atoms with Crippen LogP contribution in [0.15, 0.2) is 48.8 Å². The Bertz CT molecular complexity index is 440. The normalized spacial score (nSPS) is 10.9.